The highest BCUT2D eigenvalue weighted by Crippen LogP contribution is 1.86. The van der Waals surface area contributed by atoms with Crippen LogP contribution in [0.2, 0.25) is 0 Å². The van der Waals surface area contributed by atoms with E-state index in [1.165, 1.54) is 0 Å². The zero-order valence-electron chi connectivity index (χ0n) is 3.53. The molecule has 0 aromatic heterocycles. The molecule has 0 heterocycles. The van der Waals surface area contributed by atoms with Crippen LogP contribution in [0.5, 0.6) is 0 Å². The molecule has 46 valence electrons. The van der Waals surface area contributed by atoms with Crippen molar-refractivity contribution in [3.63, 3.8) is 0 Å². The highest BCUT2D eigenvalue weighted by atomic mass is 32.1. The Morgan fingerprint density at radius 3 is 2.12 bits per heavy atom. The normalized spacial score (nSPS) is 7.62. The van der Waals surface area contributed by atoms with E-state index in [1.807, 2.05) is 0 Å². The second-order valence-electron chi connectivity index (χ2n) is 0.709. The van der Waals surface area contributed by atoms with Gasteiger partial charge in [0.1, 0.15) is 0 Å². The molecule has 0 spiro atoms. The Bertz CT molecular complexity index is 109. The maximum Gasteiger partial charge on any atom is 0.530 e. The average Bonchev–Trinajstić information content (AvgIpc) is 1.65. The molecule has 0 aromatic carbocycles. The van der Waals surface area contributed by atoms with Crippen LogP contribution in [0, 0.1) is 0 Å². The van der Waals surface area contributed by atoms with Gasteiger partial charge >= 0.3 is 12.3 Å². The van der Waals surface area contributed by atoms with E-state index in [9.17, 15) is 9.59 Å². The Labute approximate surface area is 49.8 Å². The summed E-state index contributed by atoms with van der Waals surface area (Å²) in [4.78, 5) is 19.1. The molecule has 0 unspecified atom stereocenters. The van der Waals surface area contributed by atoms with Crippen LogP contribution in [0.25, 0.3) is 0 Å². The highest BCUT2D eigenvalue weighted by Gasteiger charge is 2.06. The molecule has 0 aliphatic rings. The average molecular weight is 138 g/mol. The Morgan fingerprint density at radius 2 is 2.00 bits per heavy atom. The smallest absolute Gasteiger partial charge is 0.449 e. The zero-order valence-corrected chi connectivity index (χ0v) is 4.42. The van der Waals surface area contributed by atoms with E-state index in [1.54, 1.807) is 0 Å². The molecular weight excluding hydrogens is 136 g/mol. The first-order valence-corrected chi connectivity index (χ1v) is 1.79. The first-order chi connectivity index (χ1) is 3.66. The second-order valence-corrected chi connectivity index (χ2v) is 0.892. The summed E-state index contributed by atoms with van der Waals surface area (Å²) in [6, 6.07) is 0. The van der Waals surface area contributed by atoms with Crippen LogP contribution >= 0.6 is 12.9 Å². The number of carbonyl (C=O) groups is 2. The zero-order chi connectivity index (χ0) is 6.57. The molecule has 0 amide bonds. The third-order valence-corrected chi connectivity index (χ3v) is 0.394. The van der Waals surface area contributed by atoms with Crippen LogP contribution in [0.15, 0.2) is 0 Å². The second kappa shape index (κ2) is 3.14. The molecule has 0 aromatic rings. The van der Waals surface area contributed by atoms with E-state index in [4.69, 9.17) is 5.11 Å². The van der Waals surface area contributed by atoms with Gasteiger partial charge in [-0.2, -0.15) is 0 Å². The van der Waals surface area contributed by atoms with Crippen molar-refractivity contribution in [2.75, 3.05) is 0 Å². The number of hydrogen-bond acceptors (Lipinski definition) is 5. The van der Waals surface area contributed by atoms with Gasteiger partial charge in [0.2, 0.25) is 0 Å². The van der Waals surface area contributed by atoms with Gasteiger partial charge < -0.3 is 14.0 Å². The van der Waals surface area contributed by atoms with E-state index in [0.29, 0.717) is 0 Å². The van der Waals surface area contributed by atoms with Gasteiger partial charge in [0.25, 0.3) is 0 Å². The fourth-order valence-corrected chi connectivity index (χ4v) is 0.127. The van der Waals surface area contributed by atoms with Gasteiger partial charge in [-0.3, -0.25) is 0 Å². The van der Waals surface area contributed by atoms with Crippen molar-refractivity contribution in [1.82, 2.24) is 0 Å². The maximum absolute atomic E-state index is 9.72. The standard InChI is InChI=1S/C2H2O5S/c3-1(4)6-2(5)7-8/h8H,(H,3,4). The van der Waals surface area contributed by atoms with Gasteiger partial charge in [-0.15, -0.1) is 0 Å². The summed E-state index contributed by atoms with van der Waals surface area (Å²) in [7, 11) is 0. The molecule has 0 rings (SSSR count). The lowest BCUT2D eigenvalue weighted by molar-refractivity contribution is 0.0894. The molecule has 0 bridgehead atoms. The number of thiol groups is 1. The number of hydrogen-bond donors (Lipinski definition) is 2. The first-order valence-electron chi connectivity index (χ1n) is 1.43. The minimum Gasteiger partial charge on any atom is -0.449 e. The van der Waals surface area contributed by atoms with E-state index < -0.39 is 12.3 Å². The summed E-state index contributed by atoms with van der Waals surface area (Å²) in [6.07, 6.45) is -3.08. The van der Waals surface area contributed by atoms with E-state index in [2.05, 4.69) is 21.8 Å². The summed E-state index contributed by atoms with van der Waals surface area (Å²) in [5.74, 6) is 0. The van der Waals surface area contributed by atoms with Crippen molar-refractivity contribution < 1.29 is 23.6 Å². The van der Waals surface area contributed by atoms with Gasteiger partial charge in [-0.05, 0) is 0 Å². The van der Waals surface area contributed by atoms with Crippen molar-refractivity contribution in [3.8, 4) is 0 Å². The molecular formula is C2H2O5S. The lowest BCUT2D eigenvalue weighted by atomic mass is 11.3. The van der Waals surface area contributed by atoms with E-state index in [-0.39, 0.29) is 0 Å². The van der Waals surface area contributed by atoms with E-state index >= 15 is 0 Å². The van der Waals surface area contributed by atoms with Crippen molar-refractivity contribution in [3.05, 3.63) is 0 Å². The van der Waals surface area contributed by atoms with Crippen molar-refractivity contribution in [1.29, 1.82) is 0 Å². The quantitative estimate of drug-likeness (QED) is 0.222. The molecule has 0 aliphatic carbocycles. The molecule has 0 aliphatic heterocycles. The summed E-state index contributed by atoms with van der Waals surface area (Å²) >= 11 is 2.95. The molecule has 0 radical (unpaired) electrons. The third kappa shape index (κ3) is 3.29. The monoisotopic (exact) mass is 138 g/mol. The van der Waals surface area contributed by atoms with Crippen LogP contribution in [-0.4, -0.2) is 17.4 Å². The van der Waals surface area contributed by atoms with Crippen molar-refractivity contribution in [2.45, 2.75) is 0 Å². The van der Waals surface area contributed by atoms with E-state index in [0.717, 1.165) is 0 Å². The van der Waals surface area contributed by atoms with Gasteiger partial charge in [0, 0.05) is 12.9 Å². The predicted octanol–water partition coefficient (Wildman–Crippen LogP) is 0.662. The minimum absolute atomic E-state index is 1.36. The number of carboxylic acid groups (broad SMARTS) is 1. The lowest BCUT2D eigenvalue weighted by Crippen LogP contribution is -2.06. The largest absolute Gasteiger partial charge is 0.530 e. The first kappa shape index (κ1) is 7.09. The Morgan fingerprint density at radius 1 is 1.50 bits per heavy atom. The predicted molar refractivity (Wildman–Crippen MR) is 24.6 cm³/mol. The Kier molecular flexibility index (Phi) is 2.78. The van der Waals surface area contributed by atoms with Gasteiger partial charge in [0.05, 0.1) is 0 Å². The van der Waals surface area contributed by atoms with Crippen molar-refractivity contribution >= 4 is 25.2 Å². The molecule has 6 heteroatoms. The number of ether oxygens (including phenoxy) is 1. The molecule has 0 saturated carbocycles. The fraction of sp³-hybridized carbons (Fsp3) is 0. The molecule has 0 saturated heterocycles. The topological polar surface area (TPSA) is 72.8 Å². The highest BCUT2D eigenvalue weighted by molar-refractivity contribution is 7.75. The minimum atomic E-state index is -1.72. The van der Waals surface area contributed by atoms with Gasteiger partial charge in [-0.25, -0.2) is 9.59 Å². The Hall–Kier alpha value is -0.910. The lowest BCUT2D eigenvalue weighted by Gasteiger charge is -1.90. The van der Waals surface area contributed by atoms with Crippen LogP contribution in [-0.2, 0) is 8.92 Å². The Balaban J connectivity index is 3.40. The van der Waals surface area contributed by atoms with Gasteiger partial charge in [0.15, 0.2) is 0 Å². The molecule has 0 atom stereocenters. The number of carbonyl (C=O) groups excluding carboxylic acids is 1. The summed E-state index contributed by atoms with van der Waals surface area (Å²) in [6.45, 7) is 0. The molecule has 1 N–H and O–H groups in total. The molecule has 8 heavy (non-hydrogen) atoms. The summed E-state index contributed by atoms with van der Waals surface area (Å²) < 4.78 is 6.89. The summed E-state index contributed by atoms with van der Waals surface area (Å²) in [5, 5.41) is 7.66. The third-order valence-electron chi connectivity index (χ3n) is 0.245. The van der Waals surface area contributed by atoms with Crippen LogP contribution in [0.4, 0.5) is 9.59 Å². The molecule has 5 nitrogen and oxygen atoms in total. The SMILES string of the molecule is O=C(O)OC(=O)OS. The summed E-state index contributed by atoms with van der Waals surface area (Å²) in [5.41, 5.74) is 0. The van der Waals surface area contributed by atoms with Crippen LogP contribution in [0.1, 0.15) is 0 Å². The molecule has 0 fully saturated rings. The van der Waals surface area contributed by atoms with Crippen LogP contribution < -0.4 is 0 Å². The number of rotatable bonds is 0. The fourth-order valence-electron chi connectivity index (χ4n) is 0.0899. The van der Waals surface area contributed by atoms with Crippen molar-refractivity contribution in [2.24, 2.45) is 0 Å². The van der Waals surface area contributed by atoms with Crippen LogP contribution in [0.3, 0.4) is 0 Å². The van der Waals surface area contributed by atoms with Gasteiger partial charge in [-0.1, -0.05) is 0 Å². The maximum atomic E-state index is 9.72.